The van der Waals surface area contributed by atoms with Gasteiger partial charge >= 0.3 is 5.97 Å². The predicted molar refractivity (Wildman–Crippen MR) is 88.4 cm³/mol. The number of methoxy groups -OCH3 is 1. The Morgan fingerprint density at radius 3 is 2.62 bits per heavy atom. The standard InChI is InChI=1S/C15H22BrNO3S/c1-10(2)9-12(15(19)20-3)17-14(18)6-4-5-11-7-8-13(16)21-11/h7-8,10,12H,4-6,9H2,1-3H3,(H,17,18). The lowest BCUT2D eigenvalue weighted by Gasteiger charge is -2.18. The summed E-state index contributed by atoms with van der Waals surface area (Å²) in [7, 11) is 1.34. The van der Waals surface area contributed by atoms with E-state index in [0.717, 1.165) is 16.6 Å². The maximum Gasteiger partial charge on any atom is 0.328 e. The summed E-state index contributed by atoms with van der Waals surface area (Å²) in [4.78, 5) is 24.8. The van der Waals surface area contributed by atoms with Crippen molar-refractivity contribution in [1.82, 2.24) is 5.32 Å². The minimum atomic E-state index is -0.543. The second-order valence-electron chi connectivity index (χ2n) is 5.33. The first-order chi connectivity index (χ1) is 9.92. The van der Waals surface area contributed by atoms with Gasteiger partial charge in [-0.3, -0.25) is 4.79 Å². The van der Waals surface area contributed by atoms with Crippen LogP contribution in [-0.4, -0.2) is 25.0 Å². The van der Waals surface area contributed by atoms with Crippen LogP contribution >= 0.6 is 27.3 Å². The van der Waals surface area contributed by atoms with Crippen LogP contribution in [0.5, 0.6) is 0 Å². The molecule has 0 bridgehead atoms. The number of carbonyl (C=O) groups is 2. The summed E-state index contributed by atoms with van der Waals surface area (Å²) in [5, 5.41) is 2.77. The summed E-state index contributed by atoms with van der Waals surface area (Å²) in [6.07, 6.45) is 2.66. The van der Waals surface area contributed by atoms with Gasteiger partial charge in [0.15, 0.2) is 0 Å². The monoisotopic (exact) mass is 375 g/mol. The van der Waals surface area contributed by atoms with Crippen LogP contribution in [0.2, 0.25) is 0 Å². The molecule has 0 aromatic carbocycles. The summed E-state index contributed by atoms with van der Waals surface area (Å²) < 4.78 is 5.83. The molecular weight excluding hydrogens is 354 g/mol. The molecule has 1 amide bonds. The molecule has 118 valence electrons. The van der Waals surface area contributed by atoms with Crippen molar-refractivity contribution < 1.29 is 14.3 Å². The third-order valence-corrected chi connectivity index (χ3v) is 4.67. The number of ether oxygens (including phenoxy) is 1. The summed E-state index contributed by atoms with van der Waals surface area (Å²) >= 11 is 5.10. The van der Waals surface area contributed by atoms with Crippen LogP contribution in [0, 0.1) is 5.92 Å². The van der Waals surface area contributed by atoms with E-state index in [1.165, 1.54) is 12.0 Å². The zero-order valence-electron chi connectivity index (χ0n) is 12.6. The van der Waals surface area contributed by atoms with Gasteiger partial charge in [-0.15, -0.1) is 11.3 Å². The smallest absolute Gasteiger partial charge is 0.328 e. The maximum atomic E-state index is 11.9. The number of nitrogens with one attached hydrogen (secondary N) is 1. The molecule has 0 saturated carbocycles. The van der Waals surface area contributed by atoms with Crippen molar-refractivity contribution in [2.45, 2.75) is 45.6 Å². The average molecular weight is 376 g/mol. The Bertz CT molecular complexity index is 473. The minimum Gasteiger partial charge on any atom is -0.467 e. The molecule has 4 nitrogen and oxygen atoms in total. The second-order valence-corrected chi connectivity index (χ2v) is 7.88. The van der Waals surface area contributed by atoms with E-state index in [9.17, 15) is 9.59 Å². The van der Waals surface area contributed by atoms with Crippen LogP contribution in [0.15, 0.2) is 15.9 Å². The second kappa shape index (κ2) is 9.20. The highest BCUT2D eigenvalue weighted by Gasteiger charge is 2.22. The molecule has 0 spiro atoms. The fourth-order valence-electron chi connectivity index (χ4n) is 2.00. The molecule has 0 aliphatic carbocycles. The van der Waals surface area contributed by atoms with Gasteiger partial charge in [-0.2, -0.15) is 0 Å². The van der Waals surface area contributed by atoms with Gasteiger partial charge in [-0.05, 0) is 53.2 Å². The van der Waals surface area contributed by atoms with Gasteiger partial charge in [0.2, 0.25) is 5.91 Å². The van der Waals surface area contributed by atoms with E-state index >= 15 is 0 Å². The van der Waals surface area contributed by atoms with Crippen LogP contribution in [0.4, 0.5) is 0 Å². The van der Waals surface area contributed by atoms with Gasteiger partial charge in [0.1, 0.15) is 6.04 Å². The van der Waals surface area contributed by atoms with Crippen LogP contribution in [0.1, 0.15) is 38.0 Å². The Morgan fingerprint density at radius 2 is 2.10 bits per heavy atom. The lowest BCUT2D eigenvalue weighted by atomic mass is 10.0. The SMILES string of the molecule is COC(=O)C(CC(C)C)NC(=O)CCCc1ccc(Br)s1. The topological polar surface area (TPSA) is 55.4 Å². The number of carbonyl (C=O) groups excluding carboxylic acids is 2. The van der Waals surface area contributed by atoms with Crippen molar-refractivity contribution in [2.75, 3.05) is 7.11 Å². The Hall–Kier alpha value is -0.880. The molecule has 1 unspecified atom stereocenters. The van der Waals surface area contributed by atoms with Gasteiger partial charge in [0, 0.05) is 11.3 Å². The number of hydrogen-bond donors (Lipinski definition) is 1. The van der Waals surface area contributed by atoms with E-state index in [2.05, 4.69) is 27.3 Å². The molecule has 0 radical (unpaired) electrons. The van der Waals surface area contributed by atoms with E-state index in [1.807, 2.05) is 19.9 Å². The van der Waals surface area contributed by atoms with Gasteiger partial charge in [0.05, 0.1) is 10.9 Å². The van der Waals surface area contributed by atoms with E-state index in [1.54, 1.807) is 11.3 Å². The third kappa shape index (κ3) is 7.09. The van der Waals surface area contributed by atoms with Crippen molar-refractivity contribution in [3.05, 3.63) is 20.8 Å². The van der Waals surface area contributed by atoms with Crippen molar-refractivity contribution in [1.29, 1.82) is 0 Å². The highest BCUT2D eigenvalue weighted by atomic mass is 79.9. The number of halogens is 1. The molecule has 1 N–H and O–H groups in total. The summed E-state index contributed by atoms with van der Waals surface area (Å²) in [5.74, 6) is -0.154. The normalized spacial score (nSPS) is 12.2. The van der Waals surface area contributed by atoms with Crippen molar-refractivity contribution in [3.63, 3.8) is 0 Å². The molecule has 1 rings (SSSR count). The van der Waals surface area contributed by atoms with Crippen LogP contribution < -0.4 is 5.32 Å². The van der Waals surface area contributed by atoms with Crippen molar-refractivity contribution in [3.8, 4) is 0 Å². The molecule has 1 aromatic heterocycles. The first kappa shape index (κ1) is 18.2. The lowest BCUT2D eigenvalue weighted by molar-refractivity contribution is -0.145. The predicted octanol–water partition coefficient (Wildman–Crippen LogP) is 3.54. The van der Waals surface area contributed by atoms with Crippen molar-refractivity contribution >= 4 is 39.1 Å². The van der Waals surface area contributed by atoms with E-state index in [-0.39, 0.29) is 11.9 Å². The fraction of sp³-hybridized carbons (Fsp3) is 0.600. The molecule has 6 heteroatoms. The van der Waals surface area contributed by atoms with Crippen LogP contribution in [0.3, 0.4) is 0 Å². The highest BCUT2D eigenvalue weighted by Crippen LogP contribution is 2.23. The summed E-state index contributed by atoms with van der Waals surface area (Å²) in [6.45, 7) is 4.02. The number of amides is 1. The number of hydrogen-bond acceptors (Lipinski definition) is 4. The van der Waals surface area contributed by atoms with Gasteiger partial charge in [0.25, 0.3) is 0 Å². The Morgan fingerprint density at radius 1 is 1.38 bits per heavy atom. The molecule has 21 heavy (non-hydrogen) atoms. The fourth-order valence-corrected chi connectivity index (χ4v) is 3.53. The molecule has 0 aliphatic heterocycles. The third-order valence-electron chi connectivity index (χ3n) is 2.98. The molecule has 0 aliphatic rings. The van der Waals surface area contributed by atoms with Crippen LogP contribution in [0.25, 0.3) is 0 Å². The van der Waals surface area contributed by atoms with Crippen molar-refractivity contribution in [2.24, 2.45) is 5.92 Å². The van der Waals surface area contributed by atoms with Crippen LogP contribution in [-0.2, 0) is 20.7 Å². The van der Waals surface area contributed by atoms with Gasteiger partial charge < -0.3 is 10.1 Å². The molecular formula is C15H22BrNO3S. The number of aryl methyl sites for hydroxylation is 1. The van der Waals surface area contributed by atoms with E-state index < -0.39 is 6.04 Å². The zero-order valence-corrected chi connectivity index (χ0v) is 15.1. The largest absolute Gasteiger partial charge is 0.467 e. The maximum absolute atomic E-state index is 11.9. The van der Waals surface area contributed by atoms with E-state index in [0.29, 0.717) is 18.8 Å². The summed E-state index contributed by atoms with van der Waals surface area (Å²) in [6, 6.07) is 3.52. The first-order valence-corrected chi connectivity index (χ1v) is 8.64. The first-order valence-electron chi connectivity index (χ1n) is 7.03. The van der Waals surface area contributed by atoms with Gasteiger partial charge in [-0.1, -0.05) is 13.8 Å². The quantitative estimate of drug-likeness (QED) is 0.706. The number of rotatable bonds is 8. The van der Waals surface area contributed by atoms with Gasteiger partial charge in [-0.25, -0.2) is 4.79 Å². The number of esters is 1. The Labute approximate surface area is 138 Å². The molecule has 1 heterocycles. The molecule has 1 atom stereocenters. The van der Waals surface area contributed by atoms with E-state index in [4.69, 9.17) is 4.74 Å². The molecule has 0 saturated heterocycles. The lowest BCUT2D eigenvalue weighted by Crippen LogP contribution is -2.42. The number of thiophene rings is 1. The Kier molecular flexibility index (Phi) is 7.96. The molecule has 1 aromatic rings. The molecule has 0 fully saturated rings. The zero-order chi connectivity index (χ0) is 15.8. The average Bonchev–Trinajstić information content (AvgIpc) is 2.82. The Balaban J connectivity index is 2.37. The minimum absolute atomic E-state index is 0.0957. The highest BCUT2D eigenvalue weighted by molar-refractivity contribution is 9.11. The summed E-state index contributed by atoms with van der Waals surface area (Å²) in [5.41, 5.74) is 0.